The van der Waals surface area contributed by atoms with Crippen molar-refractivity contribution in [3.05, 3.63) is 12.2 Å². The van der Waals surface area contributed by atoms with E-state index in [0.717, 1.165) is 25.7 Å². The monoisotopic (exact) mass is 298 g/mol. The lowest BCUT2D eigenvalue weighted by atomic mass is 9.76. The molecule has 118 valence electrons. The maximum atomic E-state index is 11.9. The number of hydrogen-bond acceptors (Lipinski definition) is 5. The maximum Gasteiger partial charge on any atom is 0.320 e. The smallest absolute Gasteiger partial charge is 0.320 e. The Balaban J connectivity index is 2.19. The Morgan fingerprint density at radius 3 is 2.52 bits per heavy atom. The average molecular weight is 298 g/mol. The zero-order valence-corrected chi connectivity index (χ0v) is 11.8. The van der Waals surface area contributed by atoms with Crippen LogP contribution in [0.15, 0.2) is 12.2 Å². The number of Topliss-reactive ketones (excluding diaryl/α,β-unsaturated/α-hetero) is 1. The minimum atomic E-state index is -1.99. The highest BCUT2D eigenvalue weighted by molar-refractivity contribution is 6.06. The van der Waals surface area contributed by atoms with Gasteiger partial charge in [-0.25, -0.2) is 0 Å². The van der Waals surface area contributed by atoms with Crippen LogP contribution in [0, 0.1) is 17.3 Å². The molecule has 2 aliphatic rings. The van der Waals surface area contributed by atoms with Gasteiger partial charge in [-0.15, -0.1) is 0 Å². The summed E-state index contributed by atoms with van der Waals surface area (Å²) in [4.78, 5) is 23.3. The molecule has 6 heteroatoms. The lowest BCUT2D eigenvalue weighted by molar-refractivity contribution is -0.158. The van der Waals surface area contributed by atoms with Crippen molar-refractivity contribution in [2.75, 3.05) is 6.61 Å². The Bertz CT molecular complexity index is 439. The highest BCUT2D eigenvalue weighted by atomic mass is 16.4. The van der Waals surface area contributed by atoms with E-state index in [1.165, 1.54) is 12.2 Å². The highest BCUT2D eigenvalue weighted by Gasteiger charge is 2.58. The number of carboxylic acid groups (broad SMARTS) is 1. The van der Waals surface area contributed by atoms with Crippen molar-refractivity contribution in [1.82, 2.24) is 0 Å². The Morgan fingerprint density at radius 2 is 2.00 bits per heavy atom. The molecule has 0 aromatic rings. The van der Waals surface area contributed by atoms with Gasteiger partial charge in [0.05, 0.1) is 18.8 Å². The molecule has 2 aliphatic carbocycles. The first-order valence-electron chi connectivity index (χ1n) is 7.35. The molecule has 0 aromatic carbocycles. The zero-order valence-electron chi connectivity index (χ0n) is 11.8. The van der Waals surface area contributed by atoms with Crippen molar-refractivity contribution in [1.29, 1.82) is 0 Å². The Kier molecular flexibility index (Phi) is 4.81. The molecule has 0 radical (unpaired) electrons. The maximum absolute atomic E-state index is 11.9. The van der Waals surface area contributed by atoms with E-state index < -0.39 is 41.9 Å². The zero-order chi connectivity index (χ0) is 15.6. The van der Waals surface area contributed by atoms with Gasteiger partial charge in [0.1, 0.15) is 0 Å². The third-order valence-electron chi connectivity index (χ3n) is 4.91. The van der Waals surface area contributed by atoms with Crippen LogP contribution in [-0.2, 0) is 9.59 Å². The van der Waals surface area contributed by atoms with Crippen LogP contribution < -0.4 is 0 Å². The number of hydrogen-bond donors (Lipinski definition) is 4. The normalized spacial score (nSPS) is 35.7. The summed E-state index contributed by atoms with van der Waals surface area (Å²) in [6.07, 6.45) is 4.68. The molecule has 0 spiro atoms. The Labute approximate surface area is 123 Å². The van der Waals surface area contributed by atoms with E-state index in [9.17, 15) is 30.0 Å². The molecular weight excluding hydrogens is 276 g/mol. The van der Waals surface area contributed by atoms with Crippen molar-refractivity contribution in [3.8, 4) is 0 Å². The third kappa shape index (κ3) is 2.75. The van der Waals surface area contributed by atoms with Gasteiger partial charge in [-0.3, -0.25) is 9.59 Å². The number of aliphatic hydroxyl groups excluding tert-OH is 3. The molecule has 0 aliphatic heterocycles. The minimum absolute atomic E-state index is 0.142. The molecule has 0 heterocycles. The van der Waals surface area contributed by atoms with Crippen molar-refractivity contribution in [2.24, 2.45) is 17.3 Å². The van der Waals surface area contributed by atoms with Crippen LogP contribution in [0.2, 0.25) is 0 Å². The molecular formula is C15H22O6. The number of rotatable bonds is 5. The van der Waals surface area contributed by atoms with Crippen LogP contribution in [0.1, 0.15) is 32.1 Å². The van der Waals surface area contributed by atoms with Gasteiger partial charge in [-0.2, -0.15) is 0 Å². The predicted octanol–water partition coefficient (Wildman–Crippen LogP) is 0.107. The number of aliphatic hydroxyl groups is 3. The Hall–Kier alpha value is -1.24. The van der Waals surface area contributed by atoms with Gasteiger partial charge < -0.3 is 20.4 Å². The fourth-order valence-corrected chi connectivity index (χ4v) is 3.52. The average Bonchev–Trinajstić information content (AvgIpc) is 3.03. The van der Waals surface area contributed by atoms with Gasteiger partial charge in [-0.05, 0) is 18.8 Å². The SMILES string of the molecule is O=C(O)C1(CO)C(=O)C[C@@H](O)[C@@H]1/C=C/[C@@H](O)C1CCCC1. The number of carbonyl (C=O) groups excluding carboxylic acids is 1. The lowest BCUT2D eigenvalue weighted by Gasteiger charge is -2.27. The summed E-state index contributed by atoms with van der Waals surface area (Å²) in [6, 6.07) is 0. The number of ketones is 1. The van der Waals surface area contributed by atoms with E-state index in [-0.39, 0.29) is 12.3 Å². The van der Waals surface area contributed by atoms with E-state index in [2.05, 4.69) is 0 Å². The van der Waals surface area contributed by atoms with Crippen molar-refractivity contribution < 1.29 is 30.0 Å². The summed E-state index contributed by atoms with van der Waals surface area (Å²) in [7, 11) is 0. The topological polar surface area (TPSA) is 115 Å². The molecule has 2 rings (SSSR count). The fraction of sp³-hybridized carbons (Fsp3) is 0.733. The first kappa shape index (κ1) is 16.1. The molecule has 2 saturated carbocycles. The quantitative estimate of drug-likeness (QED) is 0.423. The van der Waals surface area contributed by atoms with Crippen LogP contribution in [-0.4, -0.2) is 51.0 Å². The lowest BCUT2D eigenvalue weighted by Crippen LogP contribution is -2.45. The van der Waals surface area contributed by atoms with E-state index in [4.69, 9.17) is 0 Å². The molecule has 4 N–H and O–H groups in total. The summed E-state index contributed by atoms with van der Waals surface area (Å²) in [5.41, 5.74) is -1.99. The predicted molar refractivity (Wildman–Crippen MR) is 73.4 cm³/mol. The van der Waals surface area contributed by atoms with Crippen molar-refractivity contribution >= 4 is 11.8 Å². The molecule has 1 unspecified atom stereocenters. The van der Waals surface area contributed by atoms with Crippen LogP contribution in [0.3, 0.4) is 0 Å². The molecule has 2 fully saturated rings. The highest BCUT2D eigenvalue weighted by Crippen LogP contribution is 2.42. The summed E-state index contributed by atoms with van der Waals surface area (Å²) in [5.74, 6) is -2.97. The number of carboxylic acids is 1. The van der Waals surface area contributed by atoms with Crippen LogP contribution in [0.4, 0.5) is 0 Å². The second-order valence-electron chi connectivity index (χ2n) is 6.08. The van der Waals surface area contributed by atoms with Gasteiger partial charge in [0, 0.05) is 12.3 Å². The first-order chi connectivity index (χ1) is 9.93. The minimum Gasteiger partial charge on any atom is -0.480 e. The number of carbonyl (C=O) groups is 2. The molecule has 0 aromatic heterocycles. The van der Waals surface area contributed by atoms with E-state index in [0.29, 0.717) is 0 Å². The third-order valence-corrected chi connectivity index (χ3v) is 4.91. The van der Waals surface area contributed by atoms with E-state index in [1.54, 1.807) is 0 Å². The second-order valence-corrected chi connectivity index (χ2v) is 6.08. The van der Waals surface area contributed by atoms with E-state index in [1.807, 2.05) is 0 Å². The number of aliphatic carboxylic acids is 1. The summed E-state index contributed by atoms with van der Waals surface area (Å²) in [6.45, 7) is -0.854. The summed E-state index contributed by atoms with van der Waals surface area (Å²) in [5, 5.41) is 38.7. The Morgan fingerprint density at radius 1 is 1.38 bits per heavy atom. The molecule has 0 bridgehead atoms. The standard InChI is InChI=1S/C15H22O6/c16-8-15(14(20)21)10(12(18)7-13(15)19)5-6-11(17)9-3-1-2-4-9/h5-6,9-12,16-18H,1-4,7-8H2,(H,20,21)/b6-5+/t10-,11+,12+,15?/m0/s1. The molecule has 21 heavy (non-hydrogen) atoms. The molecule has 6 nitrogen and oxygen atoms in total. The van der Waals surface area contributed by atoms with Crippen molar-refractivity contribution in [3.63, 3.8) is 0 Å². The van der Waals surface area contributed by atoms with Gasteiger partial charge >= 0.3 is 5.97 Å². The molecule has 0 amide bonds. The summed E-state index contributed by atoms with van der Waals surface area (Å²) >= 11 is 0. The second kappa shape index (κ2) is 6.25. The summed E-state index contributed by atoms with van der Waals surface area (Å²) < 4.78 is 0. The largest absolute Gasteiger partial charge is 0.480 e. The van der Waals surface area contributed by atoms with Gasteiger partial charge in [0.2, 0.25) is 0 Å². The molecule has 0 saturated heterocycles. The van der Waals surface area contributed by atoms with Gasteiger partial charge in [0.25, 0.3) is 0 Å². The van der Waals surface area contributed by atoms with Gasteiger partial charge in [0.15, 0.2) is 11.2 Å². The molecule has 4 atom stereocenters. The van der Waals surface area contributed by atoms with E-state index >= 15 is 0 Å². The first-order valence-corrected chi connectivity index (χ1v) is 7.35. The van der Waals surface area contributed by atoms with Crippen LogP contribution in [0.5, 0.6) is 0 Å². The van der Waals surface area contributed by atoms with Crippen LogP contribution in [0.25, 0.3) is 0 Å². The van der Waals surface area contributed by atoms with Crippen molar-refractivity contribution in [2.45, 2.75) is 44.3 Å². The van der Waals surface area contributed by atoms with Crippen LogP contribution >= 0.6 is 0 Å². The fourth-order valence-electron chi connectivity index (χ4n) is 3.52. The van der Waals surface area contributed by atoms with Gasteiger partial charge in [-0.1, -0.05) is 25.0 Å².